The highest BCUT2D eigenvalue weighted by Crippen LogP contribution is 2.11. The van der Waals surface area contributed by atoms with Crippen LogP contribution in [-0.4, -0.2) is 9.55 Å². The Bertz CT molecular complexity index is 794. The Balaban J connectivity index is 1.97. The van der Waals surface area contributed by atoms with Crippen LogP contribution in [0.3, 0.4) is 0 Å². The zero-order valence-corrected chi connectivity index (χ0v) is 11.1. The van der Waals surface area contributed by atoms with Gasteiger partial charge in [0.25, 0.3) is 5.56 Å². The summed E-state index contributed by atoms with van der Waals surface area (Å²) >= 11 is 0. The molecule has 0 atom stereocenters. The average molecular weight is 266 g/mol. The number of aromatic nitrogens is 2. The van der Waals surface area contributed by atoms with Gasteiger partial charge in [0.05, 0.1) is 10.9 Å². The van der Waals surface area contributed by atoms with Crippen molar-refractivity contribution in [2.75, 3.05) is 0 Å². The monoisotopic (exact) mass is 266 g/mol. The van der Waals surface area contributed by atoms with Gasteiger partial charge in [-0.25, -0.2) is 4.98 Å². The van der Waals surface area contributed by atoms with Crippen LogP contribution in [0.2, 0.25) is 0 Å². The number of nitrogens with zero attached hydrogens (tertiary/aromatic N) is 2. The van der Waals surface area contributed by atoms with Gasteiger partial charge < -0.3 is 4.74 Å². The standard InChI is InChI=1S/C16H14N2O2/c1-12-17-15-10-6-5-9-14(15)16(19)18(12)11-20-13-7-3-2-4-8-13/h2-10H,11H2,1H3. The molecule has 0 fully saturated rings. The molecule has 0 bridgehead atoms. The molecule has 1 heterocycles. The summed E-state index contributed by atoms with van der Waals surface area (Å²) < 4.78 is 7.16. The molecule has 1 aromatic heterocycles. The molecule has 0 saturated heterocycles. The zero-order valence-electron chi connectivity index (χ0n) is 11.1. The van der Waals surface area contributed by atoms with Gasteiger partial charge in [-0.2, -0.15) is 0 Å². The van der Waals surface area contributed by atoms with E-state index in [1.54, 1.807) is 6.07 Å². The molecule has 0 spiro atoms. The predicted molar refractivity (Wildman–Crippen MR) is 77.8 cm³/mol. The van der Waals surface area contributed by atoms with Gasteiger partial charge in [0.2, 0.25) is 0 Å². The second kappa shape index (κ2) is 5.17. The first-order chi connectivity index (χ1) is 9.75. The van der Waals surface area contributed by atoms with Crippen LogP contribution in [0.5, 0.6) is 5.75 Å². The van der Waals surface area contributed by atoms with E-state index in [1.165, 1.54) is 4.57 Å². The lowest BCUT2D eigenvalue weighted by Gasteiger charge is -2.12. The Hall–Kier alpha value is -2.62. The Kier molecular flexibility index (Phi) is 3.21. The molecule has 100 valence electrons. The van der Waals surface area contributed by atoms with Crippen molar-refractivity contribution >= 4 is 10.9 Å². The van der Waals surface area contributed by atoms with Crippen molar-refractivity contribution in [1.82, 2.24) is 9.55 Å². The average Bonchev–Trinajstić information content (AvgIpc) is 2.48. The highest BCUT2D eigenvalue weighted by molar-refractivity contribution is 5.77. The van der Waals surface area contributed by atoms with Crippen LogP contribution in [0.1, 0.15) is 5.82 Å². The first-order valence-electron chi connectivity index (χ1n) is 6.40. The van der Waals surface area contributed by atoms with E-state index in [9.17, 15) is 4.79 Å². The van der Waals surface area contributed by atoms with Crippen molar-refractivity contribution in [3.63, 3.8) is 0 Å². The molecular formula is C16H14N2O2. The third-order valence-electron chi connectivity index (χ3n) is 3.16. The summed E-state index contributed by atoms with van der Waals surface area (Å²) in [7, 11) is 0. The zero-order chi connectivity index (χ0) is 13.9. The van der Waals surface area contributed by atoms with Crippen molar-refractivity contribution < 1.29 is 4.74 Å². The van der Waals surface area contributed by atoms with Gasteiger partial charge in [-0.3, -0.25) is 9.36 Å². The van der Waals surface area contributed by atoms with Crippen LogP contribution in [0.15, 0.2) is 59.4 Å². The van der Waals surface area contributed by atoms with Crippen LogP contribution < -0.4 is 10.3 Å². The topological polar surface area (TPSA) is 44.1 Å². The molecule has 0 N–H and O–H groups in total. The molecule has 4 heteroatoms. The molecule has 0 amide bonds. The van der Waals surface area contributed by atoms with Crippen LogP contribution in [0.25, 0.3) is 10.9 Å². The number of aryl methyl sites for hydroxylation is 1. The van der Waals surface area contributed by atoms with Gasteiger partial charge >= 0.3 is 0 Å². The number of hydrogen-bond donors (Lipinski definition) is 0. The summed E-state index contributed by atoms with van der Waals surface area (Å²) in [5.74, 6) is 1.37. The maximum absolute atomic E-state index is 12.4. The molecule has 3 aromatic rings. The molecule has 0 aliphatic carbocycles. The van der Waals surface area contributed by atoms with Gasteiger partial charge in [0, 0.05) is 0 Å². The third kappa shape index (κ3) is 2.28. The lowest BCUT2D eigenvalue weighted by molar-refractivity contribution is 0.228. The number of fused-ring (bicyclic) bond motifs is 1. The molecule has 4 nitrogen and oxygen atoms in total. The largest absolute Gasteiger partial charge is 0.473 e. The van der Waals surface area contributed by atoms with E-state index < -0.39 is 0 Å². The predicted octanol–water partition coefficient (Wildman–Crippen LogP) is 2.74. The first kappa shape index (κ1) is 12.4. The van der Waals surface area contributed by atoms with E-state index in [0.29, 0.717) is 16.7 Å². The van der Waals surface area contributed by atoms with E-state index >= 15 is 0 Å². The normalized spacial score (nSPS) is 10.7. The molecular weight excluding hydrogens is 252 g/mol. The molecule has 3 rings (SSSR count). The lowest BCUT2D eigenvalue weighted by atomic mass is 10.2. The van der Waals surface area contributed by atoms with E-state index in [-0.39, 0.29) is 12.3 Å². The minimum Gasteiger partial charge on any atom is -0.473 e. The SMILES string of the molecule is Cc1nc2ccccc2c(=O)n1COc1ccccc1. The smallest absolute Gasteiger partial charge is 0.264 e. The maximum Gasteiger partial charge on any atom is 0.264 e. The highest BCUT2D eigenvalue weighted by Gasteiger charge is 2.07. The third-order valence-corrected chi connectivity index (χ3v) is 3.16. The summed E-state index contributed by atoms with van der Waals surface area (Å²) in [5.41, 5.74) is 0.634. The van der Waals surface area contributed by atoms with Gasteiger partial charge in [-0.15, -0.1) is 0 Å². The Morgan fingerprint density at radius 2 is 1.75 bits per heavy atom. The van der Waals surface area contributed by atoms with Crippen molar-refractivity contribution in [3.8, 4) is 5.75 Å². The molecule has 2 aromatic carbocycles. The van der Waals surface area contributed by atoms with Crippen LogP contribution >= 0.6 is 0 Å². The minimum absolute atomic E-state index is 0.0796. The molecule has 0 aliphatic rings. The number of hydrogen-bond acceptors (Lipinski definition) is 3. The maximum atomic E-state index is 12.4. The van der Waals surface area contributed by atoms with E-state index in [2.05, 4.69) is 4.98 Å². The molecule has 0 aliphatic heterocycles. The molecule has 0 radical (unpaired) electrons. The second-order valence-electron chi connectivity index (χ2n) is 4.50. The fourth-order valence-electron chi connectivity index (χ4n) is 2.09. The number of benzene rings is 2. The van der Waals surface area contributed by atoms with Gasteiger partial charge in [0.15, 0.2) is 6.73 Å². The van der Waals surface area contributed by atoms with E-state index in [0.717, 1.165) is 5.75 Å². The fourth-order valence-corrected chi connectivity index (χ4v) is 2.09. The van der Waals surface area contributed by atoms with Gasteiger partial charge in [-0.1, -0.05) is 30.3 Å². The highest BCUT2D eigenvalue weighted by atomic mass is 16.5. The minimum atomic E-state index is -0.0796. The Morgan fingerprint density at radius 1 is 1.05 bits per heavy atom. The Labute approximate surface area is 116 Å². The van der Waals surface area contributed by atoms with E-state index in [4.69, 9.17) is 4.74 Å². The number of para-hydroxylation sites is 2. The fraction of sp³-hybridized carbons (Fsp3) is 0.125. The second-order valence-corrected chi connectivity index (χ2v) is 4.50. The van der Waals surface area contributed by atoms with Crippen molar-refractivity contribution in [2.24, 2.45) is 0 Å². The van der Waals surface area contributed by atoms with Crippen molar-refractivity contribution in [1.29, 1.82) is 0 Å². The first-order valence-corrected chi connectivity index (χ1v) is 6.40. The summed E-state index contributed by atoms with van der Waals surface area (Å²) in [5, 5.41) is 0.606. The van der Waals surface area contributed by atoms with Gasteiger partial charge in [-0.05, 0) is 31.2 Å². The van der Waals surface area contributed by atoms with Crippen LogP contribution in [0, 0.1) is 6.92 Å². The quantitative estimate of drug-likeness (QED) is 0.732. The van der Waals surface area contributed by atoms with Crippen LogP contribution in [0.4, 0.5) is 0 Å². The summed E-state index contributed by atoms with van der Waals surface area (Å²) in [4.78, 5) is 16.8. The lowest BCUT2D eigenvalue weighted by Crippen LogP contribution is -2.26. The van der Waals surface area contributed by atoms with Crippen LogP contribution in [-0.2, 0) is 6.73 Å². The Morgan fingerprint density at radius 3 is 2.55 bits per heavy atom. The van der Waals surface area contributed by atoms with E-state index in [1.807, 2.05) is 55.5 Å². The van der Waals surface area contributed by atoms with Crippen molar-refractivity contribution in [3.05, 3.63) is 70.8 Å². The van der Waals surface area contributed by atoms with Gasteiger partial charge in [0.1, 0.15) is 11.6 Å². The van der Waals surface area contributed by atoms with Crippen molar-refractivity contribution in [2.45, 2.75) is 13.7 Å². The number of ether oxygens (including phenoxy) is 1. The summed E-state index contributed by atoms with van der Waals surface area (Å²) in [6, 6.07) is 16.7. The summed E-state index contributed by atoms with van der Waals surface area (Å²) in [6.45, 7) is 1.97. The number of rotatable bonds is 3. The molecule has 20 heavy (non-hydrogen) atoms. The molecule has 0 unspecified atom stereocenters. The molecule has 0 saturated carbocycles. The summed E-state index contributed by atoms with van der Waals surface area (Å²) in [6.07, 6.45) is 0.